The van der Waals surface area contributed by atoms with E-state index >= 15 is 0 Å². The number of nitrogens with one attached hydrogen (secondary N) is 1. The normalized spacial score (nSPS) is 11.0. The molecular formula is C28H26N2O3. The van der Waals surface area contributed by atoms with Crippen molar-refractivity contribution < 1.29 is 14.3 Å². The number of anilines is 1. The van der Waals surface area contributed by atoms with E-state index in [0.29, 0.717) is 12.4 Å². The van der Waals surface area contributed by atoms with Gasteiger partial charge in [0.25, 0.3) is 5.91 Å². The molecule has 5 nitrogen and oxygen atoms in total. The Bertz CT molecular complexity index is 1280. The van der Waals surface area contributed by atoms with Gasteiger partial charge in [-0.2, -0.15) is 0 Å². The average Bonchev–Trinajstić information content (AvgIpc) is 2.82. The van der Waals surface area contributed by atoms with Crippen LogP contribution in [0.15, 0.2) is 89.9 Å². The Morgan fingerprint density at radius 1 is 0.939 bits per heavy atom. The highest BCUT2D eigenvalue weighted by Gasteiger charge is 2.10. The molecule has 0 aliphatic heterocycles. The highest BCUT2D eigenvalue weighted by molar-refractivity contribution is 6.03. The largest absolute Gasteiger partial charge is 0.494 e. The van der Waals surface area contributed by atoms with Gasteiger partial charge < -0.3 is 14.8 Å². The second-order valence-corrected chi connectivity index (χ2v) is 7.59. The van der Waals surface area contributed by atoms with Crippen LogP contribution < -0.4 is 14.8 Å². The average molecular weight is 439 g/mol. The van der Waals surface area contributed by atoms with Crippen LogP contribution in [0.3, 0.4) is 0 Å². The molecule has 1 amide bonds. The molecule has 0 unspecified atom stereocenters. The first kappa shape index (κ1) is 22.1. The van der Waals surface area contributed by atoms with Crippen LogP contribution in [0, 0.1) is 6.92 Å². The number of fused-ring (bicyclic) bond motifs is 1. The topological polar surface area (TPSA) is 59.9 Å². The summed E-state index contributed by atoms with van der Waals surface area (Å²) in [6.07, 6.45) is 1.78. The van der Waals surface area contributed by atoms with Crippen molar-refractivity contribution in [2.75, 3.05) is 18.5 Å². The summed E-state index contributed by atoms with van der Waals surface area (Å²) in [5, 5.41) is 4.95. The zero-order chi connectivity index (χ0) is 23.0. The van der Waals surface area contributed by atoms with Crippen LogP contribution >= 0.6 is 0 Å². The Morgan fingerprint density at radius 3 is 2.55 bits per heavy atom. The van der Waals surface area contributed by atoms with Crippen molar-refractivity contribution in [3.05, 3.63) is 96.1 Å². The van der Waals surface area contributed by atoms with Gasteiger partial charge in [0.1, 0.15) is 11.5 Å². The summed E-state index contributed by atoms with van der Waals surface area (Å²) in [4.78, 5) is 17.1. The fourth-order valence-electron chi connectivity index (χ4n) is 3.53. The number of hydrogen-bond acceptors (Lipinski definition) is 4. The molecule has 0 heterocycles. The van der Waals surface area contributed by atoms with Crippen molar-refractivity contribution in [2.45, 2.75) is 13.8 Å². The number of carbonyl (C=O) groups is 1. The van der Waals surface area contributed by atoms with Crippen molar-refractivity contribution in [2.24, 2.45) is 4.99 Å². The number of rotatable bonds is 8. The number of amides is 1. The number of ether oxygens (including phenoxy) is 2. The Balaban J connectivity index is 1.55. The molecule has 0 saturated heterocycles. The molecule has 0 radical (unpaired) electrons. The minimum atomic E-state index is -0.219. The van der Waals surface area contributed by atoms with Gasteiger partial charge in [0.2, 0.25) is 0 Å². The van der Waals surface area contributed by atoms with Crippen LogP contribution in [-0.2, 0) is 4.79 Å². The lowest BCUT2D eigenvalue weighted by Crippen LogP contribution is -2.20. The molecule has 0 aromatic heterocycles. The molecule has 4 rings (SSSR count). The Morgan fingerprint density at radius 2 is 1.76 bits per heavy atom. The number of nitrogens with zero attached hydrogens (tertiary/aromatic N) is 1. The van der Waals surface area contributed by atoms with Crippen LogP contribution in [0.25, 0.3) is 10.8 Å². The molecule has 0 aliphatic carbocycles. The third kappa shape index (κ3) is 5.77. The monoisotopic (exact) mass is 438 g/mol. The van der Waals surface area contributed by atoms with Crippen molar-refractivity contribution >= 4 is 34.3 Å². The number of benzene rings is 4. The fraction of sp³-hybridized carbons (Fsp3) is 0.143. The van der Waals surface area contributed by atoms with E-state index < -0.39 is 0 Å². The molecule has 1 N–H and O–H groups in total. The van der Waals surface area contributed by atoms with Gasteiger partial charge in [-0.15, -0.1) is 0 Å². The van der Waals surface area contributed by atoms with Crippen LogP contribution in [0.2, 0.25) is 0 Å². The van der Waals surface area contributed by atoms with Crippen LogP contribution in [-0.4, -0.2) is 25.3 Å². The van der Waals surface area contributed by atoms with E-state index in [9.17, 15) is 4.79 Å². The summed E-state index contributed by atoms with van der Waals surface area (Å²) in [7, 11) is 0. The first-order valence-corrected chi connectivity index (χ1v) is 10.9. The number of aliphatic imine (C=N–C) groups is 1. The molecule has 5 heteroatoms. The van der Waals surface area contributed by atoms with E-state index in [4.69, 9.17) is 9.47 Å². The molecule has 0 bridgehead atoms. The van der Waals surface area contributed by atoms with E-state index in [1.165, 1.54) is 0 Å². The minimum absolute atomic E-state index is 0.101. The maximum atomic E-state index is 12.5. The summed E-state index contributed by atoms with van der Waals surface area (Å²) in [6, 6.07) is 27.2. The maximum absolute atomic E-state index is 12.5. The second-order valence-electron chi connectivity index (χ2n) is 7.59. The fourth-order valence-corrected chi connectivity index (χ4v) is 3.53. The predicted octanol–water partition coefficient (Wildman–Crippen LogP) is 6.32. The van der Waals surface area contributed by atoms with Crippen molar-refractivity contribution in [1.29, 1.82) is 0 Å². The van der Waals surface area contributed by atoms with Gasteiger partial charge in [-0.25, -0.2) is 0 Å². The highest BCUT2D eigenvalue weighted by Crippen LogP contribution is 2.28. The van der Waals surface area contributed by atoms with Crippen molar-refractivity contribution in [1.82, 2.24) is 0 Å². The highest BCUT2D eigenvalue weighted by atomic mass is 16.5. The Hall–Kier alpha value is -4.12. The predicted molar refractivity (Wildman–Crippen MR) is 134 cm³/mol. The van der Waals surface area contributed by atoms with Gasteiger partial charge in [-0.05, 0) is 72.6 Å². The van der Waals surface area contributed by atoms with Crippen LogP contribution in [0.4, 0.5) is 11.4 Å². The molecule has 0 aliphatic rings. The Kier molecular flexibility index (Phi) is 7.00. The third-order valence-electron chi connectivity index (χ3n) is 5.08. The van der Waals surface area contributed by atoms with E-state index in [0.717, 1.165) is 39.0 Å². The van der Waals surface area contributed by atoms with Gasteiger partial charge in [0, 0.05) is 17.5 Å². The van der Waals surface area contributed by atoms with Gasteiger partial charge in [-0.1, -0.05) is 42.5 Å². The molecule has 4 aromatic rings. The van der Waals surface area contributed by atoms with Crippen LogP contribution in [0.5, 0.6) is 11.5 Å². The third-order valence-corrected chi connectivity index (χ3v) is 5.08. The molecule has 0 saturated carbocycles. The summed E-state index contributed by atoms with van der Waals surface area (Å²) in [5.74, 6) is 1.19. The van der Waals surface area contributed by atoms with Crippen molar-refractivity contribution in [3.63, 3.8) is 0 Å². The lowest BCUT2D eigenvalue weighted by molar-refractivity contribution is -0.118. The Labute approximate surface area is 193 Å². The molecule has 0 atom stereocenters. The lowest BCUT2D eigenvalue weighted by Gasteiger charge is -2.12. The summed E-state index contributed by atoms with van der Waals surface area (Å²) < 4.78 is 11.4. The minimum Gasteiger partial charge on any atom is -0.494 e. The van der Waals surface area contributed by atoms with E-state index in [1.807, 2.05) is 98.8 Å². The summed E-state index contributed by atoms with van der Waals surface area (Å²) in [5.41, 5.74) is 3.45. The second kappa shape index (κ2) is 10.5. The smallest absolute Gasteiger partial charge is 0.262 e. The number of aryl methyl sites for hydroxylation is 1. The quantitative estimate of drug-likeness (QED) is 0.328. The van der Waals surface area contributed by atoms with E-state index in [-0.39, 0.29) is 12.5 Å². The molecule has 0 fully saturated rings. The molecular weight excluding hydrogens is 412 g/mol. The first-order chi connectivity index (χ1) is 16.1. The standard InChI is InChI=1S/C28H26N2O3/c1-3-32-24-14-12-22(13-15-24)29-18-26-25-10-5-4-8-21(25)11-16-27(26)33-19-28(31)30-23-9-6-7-20(2)17-23/h4-18H,3,19H2,1-2H3,(H,30,31). The van der Waals surface area contributed by atoms with Gasteiger partial charge in [0.15, 0.2) is 6.61 Å². The molecule has 0 spiro atoms. The van der Waals surface area contributed by atoms with Gasteiger partial charge in [-0.3, -0.25) is 9.79 Å². The van der Waals surface area contributed by atoms with Gasteiger partial charge >= 0.3 is 0 Å². The molecule has 4 aromatic carbocycles. The van der Waals surface area contributed by atoms with Gasteiger partial charge in [0.05, 0.1) is 12.3 Å². The molecule has 166 valence electrons. The summed E-state index contributed by atoms with van der Waals surface area (Å²) >= 11 is 0. The molecule has 33 heavy (non-hydrogen) atoms. The van der Waals surface area contributed by atoms with E-state index in [2.05, 4.69) is 10.3 Å². The van der Waals surface area contributed by atoms with E-state index in [1.54, 1.807) is 6.21 Å². The lowest BCUT2D eigenvalue weighted by atomic mass is 10.0. The SMILES string of the molecule is CCOc1ccc(N=Cc2c(OCC(=O)Nc3cccc(C)c3)ccc3ccccc23)cc1. The summed E-state index contributed by atoms with van der Waals surface area (Å²) in [6.45, 7) is 4.46. The zero-order valence-corrected chi connectivity index (χ0v) is 18.7. The number of carbonyl (C=O) groups excluding carboxylic acids is 1. The van der Waals surface area contributed by atoms with Crippen LogP contribution in [0.1, 0.15) is 18.1 Å². The van der Waals surface area contributed by atoms with Crippen molar-refractivity contribution in [3.8, 4) is 11.5 Å². The number of hydrogen-bond donors (Lipinski definition) is 1. The maximum Gasteiger partial charge on any atom is 0.262 e. The first-order valence-electron chi connectivity index (χ1n) is 10.9. The zero-order valence-electron chi connectivity index (χ0n) is 18.7.